The molecule has 20 heteroatoms. The molecule has 0 heterocycles. The van der Waals surface area contributed by atoms with E-state index in [1.807, 2.05) is 72.8 Å². The Labute approximate surface area is 539 Å². The predicted octanol–water partition coefficient (Wildman–Crippen LogP) is 11.8. The molecule has 0 aliphatic rings. The molecule has 498 valence electrons. The van der Waals surface area contributed by atoms with Gasteiger partial charge in [0.1, 0.15) is 29.0 Å². The van der Waals surface area contributed by atoms with Crippen LogP contribution in [-0.4, -0.2) is 110 Å². The zero-order valence-electron chi connectivity index (χ0n) is 56.2. The maximum atomic E-state index is 14.0. The zero-order chi connectivity index (χ0) is 67.4. The zero-order valence-corrected chi connectivity index (χ0v) is 56.2. The SMILES string of the molecule is C=C(C)C(=O)OCc1ccc(CNC(=O)c2cc(CCCNC(=O)c3cc(CCCNC(=O)OC(C)(C)C)cc(CCCNC(=O)OC(C)(C)C)c3)cc(CCCNC(=O)c3cc(CCCNC(=O)OC(C)(C)C)cc(CCCNC(=O)OC(C)(C)C)c3)c2)cc1. The van der Waals surface area contributed by atoms with Gasteiger partial charge in [-0.2, -0.15) is 0 Å². The Morgan fingerprint density at radius 1 is 0.341 bits per heavy atom. The van der Waals surface area contributed by atoms with Crippen LogP contribution in [0.3, 0.4) is 0 Å². The summed E-state index contributed by atoms with van der Waals surface area (Å²) >= 11 is 0. The van der Waals surface area contributed by atoms with Crippen LogP contribution in [0.1, 0.15) is 204 Å². The minimum atomic E-state index is -0.625. The summed E-state index contributed by atoms with van der Waals surface area (Å²) < 4.78 is 26.8. The summed E-state index contributed by atoms with van der Waals surface area (Å²) in [6, 6.07) is 24.7. The number of esters is 1. The topological polar surface area (TPSA) is 267 Å². The Morgan fingerprint density at radius 3 is 0.835 bits per heavy atom. The van der Waals surface area contributed by atoms with Crippen LogP contribution in [0.2, 0.25) is 0 Å². The Bertz CT molecular complexity index is 2830. The van der Waals surface area contributed by atoms with Gasteiger partial charge in [-0.3, -0.25) is 14.4 Å². The van der Waals surface area contributed by atoms with E-state index in [1.54, 1.807) is 90.0 Å². The monoisotopic (exact) mass is 1260 g/mol. The highest BCUT2D eigenvalue weighted by Crippen LogP contribution is 2.20. The van der Waals surface area contributed by atoms with E-state index in [0.717, 1.165) is 44.5 Å². The molecule has 0 atom stereocenters. The Kier molecular flexibility index (Phi) is 30.0. The fraction of sp³-hybridized carbons (Fsp3) is 0.521. The lowest BCUT2D eigenvalue weighted by Gasteiger charge is -2.19. The van der Waals surface area contributed by atoms with E-state index < -0.39 is 52.7 Å². The van der Waals surface area contributed by atoms with Gasteiger partial charge in [0, 0.05) is 68.1 Å². The number of alkyl carbamates (subject to hydrolysis) is 4. The van der Waals surface area contributed by atoms with Crippen molar-refractivity contribution in [3.8, 4) is 0 Å². The van der Waals surface area contributed by atoms with Gasteiger partial charge in [0.15, 0.2) is 0 Å². The van der Waals surface area contributed by atoms with Crippen molar-refractivity contribution in [2.75, 3.05) is 39.3 Å². The van der Waals surface area contributed by atoms with E-state index >= 15 is 0 Å². The lowest BCUT2D eigenvalue weighted by molar-refractivity contribution is -0.140. The number of amides is 7. The number of ether oxygens (including phenoxy) is 5. The molecule has 0 spiro atoms. The maximum Gasteiger partial charge on any atom is 0.407 e. The van der Waals surface area contributed by atoms with Crippen LogP contribution < -0.4 is 37.2 Å². The Hall–Kier alpha value is -8.42. The number of hydrogen-bond donors (Lipinski definition) is 7. The largest absolute Gasteiger partial charge is 0.457 e. The van der Waals surface area contributed by atoms with Gasteiger partial charge >= 0.3 is 30.3 Å². The first-order valence-corrected chi connectivity index (χ1v) is 31.7. The molecule has 0 aromatic heterocycles. The molecule has 0 aliphatic heterocycles. The number of hydrogen-bond acceptors (Lipinski definition) is 13. The number of carbonyl (C=O) groups excluding carboxylic acids is 8. The smallest absolute Gasteiger partial charge is 0.407 e. The highest BCUT2D eigenvalue weighted by molar-refractivity contribution is 5.96. The van der Waals surface area contributed by atoms with Crippen molar-refractivity contribution in [3.63, 3.8) is 0 Å². The Morgan fingerprint density at radius 2 is 0.582 bits per heavy atom. The molecule has 0 bridgehead atoms. The van der Waals surface area contributed by atoms with E-state index in [2.05, 4.69) is 49.9 Å². The maximum absolute atomic E-state index is 14.0. The fourth-order valence-electron chi connectivity index (χ4n) is 9.24. The molecule has 4 aromatic carbocycles. The molecular weight excluding hydrogens is 1160 g/mol. The van der Waals surface area contributed by atoms with E-state index in [0.29, 0.717) is 139 Å². The summed E-state index contributed by atoms with van der Waals surface area (Å²) in [6.07, 6.45) is 4.99. The third-order valence-corrected chi connectivity index (χ3v) is 13.2. The minimum absolute atomic E-state index is 0.0928. The summed E-state index contributed by atoms with van der Waals surface area (Å²) in [7, 11) is 0. The molecule has 0 unspecified atom stereocenters. The average molecular weight is 1260 g/mol. The van der Waals surface area contributed by atoms with Crippen LogP contribution in [-0.2, 0) is 80.2 Å². The Balaban J connectivity index is 1.48. The highest BCUT2D eigenvalue weighted by Gasteiger charge is 2.21. The molecule has 7 amide bonds. The van der Waals surface area contributed by atoms with Gasteiger partial charge in [-0.1, -0.05) is 49.0 Å². The van der Waals surface area contributed by atoms with Crippen LogP contribution in [0.4, 0.5) is 19.2 Å². The molecule has 4 rings (SSSR count). The van der Waals surface area contributed by atoms with Gasteiger partial charge in [-0.25, -0.2) is 24.0 Å². The molecule has 0 aliphatic carbocycles. The van der Waals surface area contributed by atoms with Crippen LogP contribution in [0, 0.1) is 0 Å². The summed E-state index contributed by atoms with van der Waals surface area (Å²) in [4.78, 5) is 103. The van der Waals surface area contributed by atoms with Gasteiger partial charge in [-0.15, -0.1) is 0 Å². The lowest BCUT2D eigenvalue weighted by atomic mass is 9.98. The minimum Gasteiger partial charge on any atom is -0.457 e. The third-order valence-electron chi connectivity index (χ3n) is 13.2. The summed E-state index contributed by atoms with van der Waals surface area (Å²) in [5.41, 5.74) is 6.37. The average Bonchev–Trinajstić information content (AvgIpc) is 1.11. The van der Waals surface area contributed by atoms with E-state index in [-0.39, 0.29) is 30.9 Å². The van der Waals surface area contributed by atoms with E-state index in [9.17, 15) is 38.4 Å². The van der Waals surface area contributed by atoms with Crippen molar-refractivity contribution in [1.29, 1.82) is 0 Å². The molecule has 0 fully saturated rings. The number of nitrogens with one attached hydrogen (secondary N) is 7. The van der Waals surface area contributed by atoms with Crippen LogP contribution in [0.25, 0.3) is 0 Å². The van der Waals surface area contributed by atoms with Gasteiger partial charge in [-0.05, 0) is 248 Å². The molecule has 0 saturated carbocycles. The second-order valence-corrected chi connectivity index (χ2v) is 26.8. The highest BCUT2D eigenvalue weighted by atomic mass is 16.6. The van der Waals surface area contributed by atoms with Crippen molar-refractivity contribution in [1.82, 2.24) is 37.2 Å². The first-order valence-electron chi connectivity index (χ1n) is 31.7. The standard InChI is InChI=1S/C71H101N7O13/c1-48(2)63(82)87-47-50-29-27-49(28-30-50)46-78-62(81)59-44-51(21-15-31-72-60(79)57-40-53(23-17-33-74-64(83)88-68(3,4)5)38-54(41-57)24-18-34-75-65(84)89-69(6,7)8)37-52(45-59)22-16-32-73-61(80)58-42-55(25-19-35-76-66(85)90-70(9,10)11)39-56(43-58)26-20-36-77-67(86)91-71(12,13)14/h27-30,37-45H,1,15-26,31-36,46-47H2,2-14H3,(H,72,79)(H,73,80)(H,74,83)(H,75,84)(H,76,85)(H,77,86)(H,78,81). The molecule has 91 heavy (non-hydrogen) atoms. The van der Waals surface area contributed by atoms with Gasteiger partial charge in [0.25, 0.3) is 17.7 Å². The second-order valence-electron chi connectivity index (χ2n) is 26.8. The number of benzene rings is 4. The van der Waals surface area contributed by atoms with Crippen molar-refractivity contribution in [2.24, 2.45) is 0 Å². The predicted molar refractivity (Wildman–Crippen MR) is 353 cm³/mol. The number of rotatable bonds is 32. The van der Waals surface area contributed by atoms with E-state index in [1.165, 1.54) is 0 Å². The van der Waals surface area contributed by atoms with E-state index in [4.69, 9.17) is 23.7 Å². The molecule has 4 aromatic rings. The van der Waals surface area contributed by atoms with Crippen molar-refractivity contribution < 1.29 is 62.0 Å². The summed E-state index contributed by atoms with van der Waals surface area (Å²) in [6.45, 7) is 29.4. The third kappa shape index (κ3) is 32.8. The van der Waals surface area contributed by atoms with Gasteiger partial charge in [0.05, 0.1) is 0 Å². The van der Waals surface area contributed by atoms with Crippen molar-refractivity contribution in [3.05, 3.63) is 152 Å². The first kappa shape index (κ1) is 75.0. The molecule has 7 N–H and O–H groups in total. The second kappa shape index (κ2) is 36.4. The van der Waals surface area contributed by atoms with Gasteiger partial charge in [0.2, 0.25) is 0 Å². The van der Waals surface area contributed by atoms with Crippen molar-refractivity contribution in [2.45, 2.75) is 203 Å². The summed E-state index contributed by atoms with van der Waals surface area (Å²) in [5, 5.41) is 20.4. The quantitative estimate of drug-likeness (QED) is 0.0104. The van der Waals surface area contributed by atoms with Crippen LogP contribution in [0.15, 0.2) is 91.0 Å². The lowest BCUT2D eigenvalue weighted by Crippen LogP contribution is -2.33. The fourth-order valence-corrected chi connectivity index (χ4v) is 9.24. The molecule has 20 nitrogen and oxygen atoms in total. The van der Waals surface area contributed by atoms with Gasteiger partial charge < -0.3 is 60.9 Å². The van der Waals surface area contributed by atoms with Crippen LogP contribution in [0.5, 0.6) is 0 Å². The first-order chi connectivity index (χ1) is 42.7. The number of carbonyl (C=O) groups is 8. The van der Waals surface area contributed by atoms with Crippen LogP contribution >= 0.6 is 0 Å². The molecule has 0 saturated heterocycles. The van der Waals surface area contributed by atoms with Crippen molar-refractivity contribution >= 4 is 48.1 Å². The molecule has 0 radical (unpaired) electrons. The number of aryl methyl sites for hydroxylation is 6. The summed E-state index contributed by atoms with van der Waals surface area (Å²) in [5.74, 6) is -1.25. The normalized spacial score (nSPS) is 11.5. The molecular formula is C71H101N7O13.